The molecule has 1 aliphatic heterocycles. The smallest absolute Gasteiger partial charge is 0.154 e. The first kappa shape index (κ1) is 14.6. The number of amidine groups is 1. The Bertz CT molecular complexity index is 934. The number of halogens is 1. The van der Waals surface area contributed by atoms with E-state index in [2.05, 4.69) is 15.5 Å². The maximum Gasteiger partial charge on any atom is 0.154 e. The molecule has 0 fully saturated rings. The molecule has 0 amide bonds. The van der Waals surface area contributed by atoms with Gasteiger partial charge in [-0.25, -0.2) is 4.99 Å². The van der Waals surface area contributed by atoms with Crippen molar-refractivity contribution in [3.63, 3.8) is 0 Å². The van der Waals surface area contributed by atoms with Crippen LogP contribution in [0.2, 0.25) is 5.02 Å². The van der Waals surface area contributed by atoms with Crippen molar-refractivity contribution >= 4 is 28.8 Å². The molecule has 0 atom stereocenters. The number of benzene rings is 2. The van der Waals surface area contributed by atoms with Gasteiger partial charge >= 0.3 is 0 Å². The second kappa shape index (κ2) is 6.26. The van der Waals surface area contributed by atoms with Crippen molar-refractivity contribution in [1.82, 2.24) is 10.4 Å². The maximum absolute atomic E-state index is 6.20. The summed E-state index contributed by atoms with van der Waals surface area (Å²) < 4.78 is 0. The van der Waals surface area contributed by atoms with Crippen LogP contribution in [0.15, 0.2) is 83.2 Å². The molecule has 3 aromatic rings. The van der Waals surface area contributed by atoms with Crippen LogP contribution in [0.25, 0.3) is 0 Å². The molecule has 0 spiro atoms. The lowest BCUT2D eigenvalue weighted by Gasteiger charge is -2.07. The molecular formula is C19H13ClN4. The van der Waals surface area contributed by atoms with Crippen LogP contribution in [0.4, 0.5) is 5.69 Å². The SMILES string of the molecule is Clc1ccc2c(c1)C(c1ccccc1)=NNC(c1ccncc1)=N2. The molecule has 1 aliphatic rings. The largest absolute Gasteiger partial charge is 0.265 e. The summed E-state index contributed by atoms with van der Waals surface area (Å²) in [5.41, 5.74) is 7.52. The highest BCUT2D eigenvalue weighted by Gasteiger charge is 2.17. The highest BCUT2D eigenvalue weighted by atomic mass is 35.5. The minimum Gasteiger partial charge on any atom is -0.265 e. The Hall–Kier alpha value is -2.98. The highest BCUT2D eigenvalue weighted by molar-refractivity contribution is 6.31. The minimum atomic E-state index is 0.653. The van der Waals surface area contributed by atoms with Crippen molar-refractivity contribution in [3.8, 4) is 0 Å². The quantitative estimate of drug-likeness (QED) is 0.765. The first-order valence-electron chi connectivity index (χ1n) is 7.49. The van der Waals surface area contributed by atoms with E-state index in [4.69, 9.17) is 16.6 Å². The molecule has 4 nitrogen and oxygen atoms in total. The number of hydrazone groups is 1. The number of hydrogen-bond donors (Lipinski definition) is 1. The Morgan fingerprint density at radius 2 is 1.62 bits per heavy atom. The van der Waals surface area contributed by atoms with Crippen LogP contribution in [-0.4, -0.2) is 16.5 Å². The Morgan fingerprint density at radius 1 is 0.833 bits per heavy atom. The van der Waals surface area contributed by atoms with Gasteiger partial charge in [0.15, 0.2) is 5.84 Å². The molecule has 24 heavy (non-hydrogen) atoms. The van der Waals surface area contributed by atoms with Crippen molar-refractivity contribution in [1.29, 1.82) is 0 Å². The molecule has 0 unspecified atom stereocenters. The summed E-state index contributed by atoms with van der Waals surface area (Å²) in [6.07, 6.45) is 3.46. The van der Waals surface area contributed by atoms with Gasteiger partial charge in [-0.1, -0.05) is 41.9 Å². The molecule has 2 heterocycles. The van der Waals surface area contributed by atoms with Gasteiger partial charge in [0, 0.05) is 34.1 Å². The van der Waals surface area contributed by atoms with E-state index in [1.807, 2.05) is 60.7 Å². The van der Waals surface area contributed by atoms with Gasteiger partial charge in [-0.3, -0.25) is 10.4 Å². The van der Waals surface area contributed by atoms with E-state index in [0.29, 0.717) is 10.9 Å². The molecule has 0 aliphatic carbocycles. The zero-order chi connectivity index (χ0) is 16.4. The fraction of sp³-hybridized carbons (Fsp3) is 0. The average Bonchev–Trinajstić information content (AvgIpc) is 2.82. The average molecular weight is 333 g/mol. The summed E-state index contributed by atoms with van der Waals surface area (Å²) in [5.74, 6) is 0.673. The van der Waals surface area contributed by atoms with Gasteiger partial charge in [0.2, 0.25) is 0 Å². The zero-order valence-corrected chi connectivity index (χ0v) is 13.4. The molecule has 2 aromatic carbocycles. The van der Waals surface area contributed by atoms with Crippen molar-refractivity contribution in [2.24, 2.45) is 10.1 Å². The predicted octanol–water partition coefficient (Wildman–Crippen LogP) is 4.17. The minimum absolute atomic E-state index is 0.653. The van der Waals surface area contributed by atoms with Crippen LogP contribution in [0.5, 0.6) is 0 Å². The number of nitrogens with zero attached hydrogens (tertiary/aromatic N) is 3. The molecule has 1 N–H and O–H groups in total. The van der Waals surface area contributed by atoms with E-state index < -0.39 is 0 Å². The van der Waals surface area contributed by atoms with Crippen LogP contribution in [0, 0.1) is 0 Å². The van der Waals surface area contributed by atoms with Crippen molar-refractivity contribution in [3.05, 3.63) is 94.8 Å². The molecule has 0 bridgehead atoms. The first-order chi connectivity index (χ1) is 11.8. The lowest BCUT2D eigenvalue weighted by molar-refractivity contribution is 1.03. The second-order valence-electron chi connectivity index (χ2n) is 5.30. The van der Waals surface area contributed by atoms with Gasteiger partial charge < -0.3 is 0 Å². The number of aromatic nitrogens is 1. The summed E-state index contributed by atoms with van der Waals surface area (Å²) in [7, 11) is 0. The summed E-state index contributed by atoms with van der Waals surface area (Å²) in [4.78, 5) is 8.78. The van der Waals surface area contributed by atoms with Crippen molar-refractivity contribution in [2.75, 3.05) is 0 Å². The Morgan fingerprint density at radius 3 is 2.42 bits per heavy atom. The first-order valence-corrected chi connectivity index (χ1v) is 7.87. The number of aliphatic imine (C=N–C) groups is 1. The topological polar surface area (TPSA) is 49.6 Å². The van der Waals surface area contributed by atoms with Crippen LogP contribution in [-0.2, 0) is 0 Å². The number of fused-ring (bicyclic) bond motifs is 1. The maximum atomic E-state index is 6.20. The third kappa shape index (κ3) is 2.79. The van der Waals surface area contributed by atoms with Gasteiger partial charge in [0.05, 0.1) is 5.69 Å². The van der Waals surface area contributed by atoms with Gasteiger partial charge in [0.1, 0.15) is 5.71 Å². The summed E-state index contributed by atoms with van der Waals surface area (Å²) in [5, 5.41) is 5.24. The van der Waals surface area contributed by atoms with Crippen LogP contribution in [0.3, 0.4) is 0 Å². The molecule has 0 saturated carbocycles. The highest BCUT2D eigenvalue weighted by Crippen LogP contribution is 2.28. The van der Waals surface area contributed by atoms with E-state index in [1.54, 1.807) is 12.4 Å². The Balaban J connectivity index is 1.89. The lowest BCUT2D eigenvalue weighted by Crippen LogP contribution is -2.19. The van der Waals surface area contributed by atoms with E-state index in [0.717, 1.165) is 28.1 Å². The van der Waals surface area contributed by atoms with E-state index in [1.165, 1.54) is 0 Å². The summed E-state index contributed by atoms with van der Waals surface area (Å²) in [6, 6.07) is 19.4. The molecule has 5 heteroatoms. The lowest BCUT2D eigenvalue weighted by atomic mass is 10.0. The normalized spacial score (nSPS) is 13.2. The molecular weight excluding hydrogens is 320 g/mol. The van der Waals surface area contributed by atoms with Gasteiger partial charge in [-0.15, -0.1) is 0 Å². The van der Waals surface area contributed by atoms with Crippen LogP contribution >= 0.6 is 11.6 Å². The van der Waals surface area contributed by atoms with Crippen LogP contribution < -0.4 is 5.43 Å². The van der Waals surface area contributed by atoms with E-state index in [9.17, 15) is 0 Å². The second-order valence-corrected chi connectivity index (χ2v) is 5.73. The van der Waals surface area contributed by atoms with Crippen molar-refractivity contribution < 1.29 is 0 Å². The third-order valence-corrected chi connectivity index (χ3v) is 3.96. The van der Waals surface area contributed by atoms with E-state index in [-0.39, 0.29) is 0 Å². The predicted molar refractivity (Wildman–Crippen MR) is 97.1 cm³/mol. The molecule has 116 valence electrons. The van der Waals surface area contributed by atoms with Crippen LogP contribution in [0.1, 0.15) is 16.7 Å². The zero-order valence-electron chi connectivity index (χ0n) is 12.6. The molecule has 1 aromatic heterocycles. The number of rotatable bonds is 2. The molecule has 0 radical (unpaired) electrons. The number of pyridine rings is 1. The Kier molecular flexibility index (Phi) is 3.81. The summed E-state index contributed by atoms with van der Waals surface area (Å²) in [6.45, 7) is 0. The fourth-order valence-electron chi connectivity index (χ4n) is 2.56. The third-order valence-electron chi connectivity index (χ3n) is 3.72. The van der Waals surface area contributed by atoms with Gasteiger partial charge in [-0.2, -0.15) is 5.10 Å². The number of hydrogen-bond acceptors (Lipinski definition) is 4. The van der Waals surface area contributed by atoms with Gasteiger partial charge in [-0.05, 0) is 30.3 Å². The van der Waals surface area contributed by atoms with Crippen molar-refractivity contribution in [2.45, 2.75) is 0 Å². The fourth-order valence-corrected chi connectivity index (χ4v) is 2.74. The van der Waals surface area contributed by atoms with E-state index >= 15 is 0 Å². The summed E-state index contributed by atoms with van der Waals surface area (Å²) >= 11 is 6.20. The van der Waals surface area contributed by atoms with Gasteiger partial charge in [0.25, 0.3) is 0 Å². The number of nitrogens with one attached hydrogen (secondary N) is 1. The molecule has 0 saturated heterocycles. The monoisotopic (exact) mass is 332 g/mol. The standard InChI is InChI=1S/C19H13ClN4/c20-15-6-7-17-16(12-15)18(13-4-2-1-3-5-13)23-24-19(22-17)14-8-10-21-11-9-14/h1-12H,(H,22,24). The molecule has 4 rings (SSSR count). The Labute approximate surface area is 144 Å².